The second kappa shape index (κ2) is 5.91. The number of aryl methyl sites for hydroxylation is 1. The average Bonchev–Trinajstić information content (AvgIpc) is 3.13. The van der Waals surface area contributed by atoms with E-state index >= 15 is 0 Å². The van der Waals surface area contributed by atoms with E-state index in [1.807, 2.05) is 12.3 Å². The van der Waals surface area contributed by atoms with Crippen LogP contribution in [0.2, 0.25) is 0 Å². The summed E-state index contributed by atoms with van der Waals surface area (Å²) >= 11 is 1.53. The maximum atomic E-state index is 12.7. The molecular weight excluding hydrogens is 280 g/mol. The second-order valence-electron chi connectivity index (χ2n) is 5.10. The van der Waals surface area contributed by atoms with E-state index in [0.717, 1.165) is 36.2 Å². The third-order valence-corrected chi connectivity index (χ3v) is 6.77. The van der Waals surface area contributed by atoms with Gasteiger partial charge < -0.3 is 5.32 Å². The minimum atomic E-state index is -3.33. The molecule has 108 valence electrons. The summed E-state index contributed by atoms with van der Waals surface area (Å²) in [7, 11) is -1.63. The number of rotatable bonds is 7. The Morgan fingerprint density at radius 3 is 2.74 bits per heavy atom. The van der Waals surface area contributed by atoms with Gasteiger partial charge in [0.25, 0.3) is 0 Å². The summed E-state index contributed by atoms with van der Waals surface area (Å²) in [6.07, 6.45) is 3.03. The van der Waals surface area contributed by atoms with Crippen LogP contribution in [0.1, 0.15) is 36.6 Å². The summed E-state index contributed by atoms with van der Waals surface area (Å²) in [5.41, 5.74) is 0.866. The van der Waals surface area contributed by atoms with Gasteiger partial charge in [-0.15, -0.1) is 11.3 Å². The molecule has 0 aromatic carbocycles. The Morgan fingerprint density at radius 2 is 2.16 bits per heavy atom. The molecule has 19 heavy (non-hydrogen) atoms. The predicted octanol–water partition coefficient (Wildman–Crippen LogP) is 2.34. The first kappa shape index (κ1) is 15.0. The molecule has 0 radical (unpaired) electrons. The van der Waals surface area contributed by atoms with Crippen molar-refractivity contribution >= 4 is 21.4 Å². The number of thiophene rings is 1. The van der Waals surface area contributed by atoms with Crippen molar-refractivity contribution in [3.63, 3.8) is 0 Å². The van der Waals surface area contributed by atoms with Crippen LogP contribution < -0.4 is 5.32 Å². The third-order valence-electron chi connectivity index (χ3n) is 3.40. The van der Waals surface area contributed by atoms with Crippen molar-refractivity contribution in [3.8, 4) is 0 Å². The monoisotopic (exact) mass is 302 g/mol. The summed E-state index contributed by atoms with van der Waals surface area (Å²) in [5, 5.41) is 5.23. The van der Waals surface area contributed by atoms with Crippen LogP contribution in [0.25, 0.3) is 0 Å². The van der Waals surface area contributed by atoms with Crippen molar-refractivity contribution in [2.75, 3.05) is 13.6 Å². The number of hydrogen-bond donors (Lipinski definition) is 1. The summed E-state index contributed by atoms with van der Waals surface area (Å²) in [6.45, 7) is 5.53. The zero-order valence-electron chi connectivity index (χ0n) is 11.8. The van der Waals surface area contributed by atoms with Gasteiger partial charge in [0.1, 0.15) is 4.90 Å². The molecule has 1 aromatic rings. The molecule has 0 spiro atoms. The molecule has 1 fully saturated rings. The molecule has 0 saturated heterocycles. The van der Waals surface area contributed by atoms with E-state index < -0.39 is 10.0 Å². The lowest BCUT2D eigenvalue weighted by atomic mass is 10.3. The van der Waals surface area contributed by atoms with E-state index in [0.29, 0.717) is 11.4 Å². The summed E-state index contributed by atoms with van der Waals surface area (Å²) < 4.78 is 26.9. The van der Waals surface area contributed by atoms with Gasteiger partial charge in [-0.3, -0.25) is 0 Å². The fourth-order valence-corrected chi connectivity index (χ4v) is 5.25. The maximum Gasteiger partial charge on any atom is 0.244 e. The zero-order valence-corrected chi connectivity index (χ0v) is 13.4. The van der Waals surface area contributed by atoms with Crippen LogP contribution in [0.5, 0.6) is 0 Å². The zero-order chi connectivity index (χ0) is 14.0. The molecule has 1 aromatic heterocycles. The predicted molar refractivity (Wildman–Crippen MR) is 79.0 cm³/mol. The first-order chi connectivity index (χ1) is 8.98. The Balaban J connectivity index is 2.24. The van der Waals surface area contributed by atoms with Crippen molar-refractivity contribution < 1.29 is 8.42 Å². The fraction of sp³-hybridized carbons (Fsp3) is 0.692. The van der Waals surface area contributed by atoms with E-state index in [4.69, 9.17) is 0 Å². The van der Waals surface area contributed by atoms with Crippen LogP contribution in [0, 0.1) is 6.92 Å². The van der Waals surface area contributed by atoms with E-state index in [2.05, 4.69) is 12.2 Å². The number of nitrogens with zero attached hydrogens (tertiary/aromatic N) is 1. The summed E-state index contributed by atoms with van der Waals surface area (Å²) in [4.78, 5) is 1.45. The average molecular weight is 302 g/mol. The van der Waals surface area contributed by atoms with Crippen molar-refractivity contribution in [2.24, 2.45) is 0 Å². The van der Waals surface area contributed by atoms with Crippen molar-refractivity contribution in [1.29, 1.82) is 0 Å². The van der Waals surface area contributed by atoms with Crippen molar-refractivity contribution in [3.05, 3.63) is 15.8 Å². The highest BCUT2D eigenvalue weighted by molar-refractivity contribution is 7.89. The van der Waals surface area contributed by atoms with E-state index in [-0.39, 0.29) is 6.04 Å². The molecule has 1 aliphatic carbocycles. The lowest BCUT2D eigenvalue weighted by molar-refractivity contribution is 0.463. The molecule has 4 nitrogen and oxygen atoms in total. The molecular formula is C13H22N2O2S2. The molecule has 0 aliphatic heterocycles. The number of hydrogen-bond acceptors (Lipinski definition) is 4. The van der Waals surface area contributed by atoms with Crippen LogP contribution in [0.4, 0.5) is 0 Å². The molecule has 6 heteroatoms. The lowest BCUT2D eigenvalue weighted by Crippen LogP contribution is -2.30. The highest BCUT2D eigenvalue weighted by atomic mass is 32.2. The topological polar surface area (TPSA) is 49.4 Å². The molecule has 0 bridgehead atoms. The van der Waals surface area contributed by atoms with E-state index in [1.165, 1.54) is 11.3 Å². The molecule has 0 amide bonds. The molecule has 1 aliphatic rings. The van der Waals surface area contributed by atoms with Gasteiger partial charge in [-0.25, -0.2) is 8.42 Å². The van der Waals surface area contributed by atoms with Gasteiger partial charge in [-0.1, -0.05) is 6.92 Å². The Kier molecular flexibility index (Phi) is 4.66. The van der Waals surface area contributed by atoms with Crippen LogP contribution in [0.15, 0.2) is 10.3 Å². The second-order valence-corrected chi connectivity index (χ2v) is 8.00. The minimum Gasteiger partial charge on any atom is -0.312 e. The molecule has 1 saturated carbocycles. The van der Waals surface area contributed by atoms with Gasteiger partial charge in [-0.2, -0.15) is 4.31 Å². The number of sulfonamides is 1. The Hall–Kier alpha value is -0.430. The van der Waals surface area contributed by atoms with Gasteiger partial charge >= 0.3 is 0 Å². The van der Waals surface area contributed by atoms with Gasteiger partial charge in [0.15, 0.2) is 0 Å². The largest absolute Gasteiger partial charge is 0.312 e. The highest BCUT2D eigenvalue weighted by Crippen LogP contribution is 2.34. The minimum absolute atomic E-state index is 0.209. The molecule has 2 rings (SSSR count). The molecule has 0 unspecified atom stereocenters. The normalized spacial score (nSPS) is 16.2. The molecule has 0 atom stereocenters. The van der Waals surface area contributed by atoms with Crippen LogP contribution in [-0.2, 0) is 16.6 Å². The molecule has 1 N–H and O–H groups in total. The van der Waals surface area contributed by atoms with Crippen molar-refractivity contribution in [1.82, 2.24) is 9.62 Å². The molecule has 1 heterocycles. The van der Waals surface area contributed by atoms with E-state index in [9.17, 15) is 8.42 Å². The van der Waals surface area contributed by atoms with Gasteiger partial charge in [0.2, 0.25) is 10.0 Å². The SMILES string of the molecule is CCCNCc1scc(C)c1S(=O)(=O)N(C)C1CC1. The van der Waals surface area contributed by atoms with Crippen LogP contribution >= 0.6 is 11.3 Å². The van der Waals surface area contributed by atoms with Crippen LogP contribution in [-0.4, -0.2) is 32.4 Å². The number of nitrogens with one attached hydrogen (secondary N) is 1. The summed E-state index contributed by atoms with van der Waals surface area (Å²) in [6, 6.07) is 0.209. The van der Waals surface area contributed by atoms with Crippen molar-refractivity contribution in [2.45, 2.75) is 50.6 Å². The fourth-order valence-electron chi connectivity index (χ4n) is 2.11. The van der Waals surface area contributed by atoms with Crippen LogP contribution in [0.3, 0.4) is 0 Å². The Bertz CT molecular complexity index is 533. The van der Waals surface area contributed by atoms with E-state index in [1.54, 1.807) is 11.4 Å². The summed E-state index contributed by atoms with van der Waals surface area (Å²) in [5.74, 6) is 0. The highest BCUT2D eigenvalue weighted by Gasteiger charge is 2.37. The smallest absolute Gasteiger partial charge is 0.244 e. The van der Waals surface area contributed by atoms with Gasteiger partial charge in [0, 0.05) is 24.5 Å². The lowest BCUT2D eigenvalue weighted by Gasteiger charge is -2.17. The first-order valence-corrected chi connectivity index (χ1v) is 9.06. The van der Waals surface area contributed by atoms with Gasteiger partial charge in [0.05, 0.1) is 0 Å². The third kappa shape index (κ3) is 3.18. The Morgan fingerprint density at radius 1 is 1.47 bits per heavy atom. The first-order valence-electron chi connectivity index (χ1n) is 6.74. The Labute approximate surface area is 119 Å². The maximum absolute atomic E-state index is 12.7. The standard InChI is InChI=1S/C13H22N2O2S2/c1-4-7-14-8-12-13(10(2)9-18-12)19(16,17)15(3)11-5-6-11/h9,11,14H,4-8H2,1-3H3. The quantitative estimate of drug-likeness (QED) is 0.787. The van der Waals surface area contributed by atoms with Gasteiger partial charge in [-0.05, 0) is 43.7 Å².